The maximum atomic E-state index is 11.5. The minimum atomic E-state index is -1.03. The highest BCUT2D eigenvalue weighted by Gasteiger charge is 2.14. The molecular weight excluding hydrogens is 212 g/mol. The molecule has 0 unspecified atom stereocenters. The first kappa shape index (κ1) is 12.1. The first-order chi connectivity index (χ1) is 7.63. The lowest BCUT2D eigenvalue weighted by Crippen LogP contribution is -2.42. The molecule has 88 valence electrons. The normalized spacial score (nSPS) is 9.81. The summed E-state index contributed by atoms with van der Waals surface area (Å²) >= 11 is 0. The SMILES string of the molecule is CCN(CC(=O)O)C(=O)NCc1ccoc1. The van der Waals surface area contributed by atoms with Crippen LogP contribution in [0.2, 0.25) is 0 Å². The molecule has 0 saturated carbocycles. The molecule has 16 heavy (non-hydrogen) atoms. The van der Waals surface area contributed by atoms with Crippen LogP contribution in [0, 0.1) is 0 Å². The molecule has 0 bridgehead atoms. The highest BCUT2D eigenvalue weighted by molar-refractivity contribution is 5.79. The molecule has 2 amide bonds. The third-order valence-electron chi connectivity index (χ3n) is 2.02. The predicted octanol–water partition coefficient (Wildman–Crippen LogP) is 0.896. The van der Waals surface area contributed by atoms with Crippen molar-refractivity contribution in [2.75, 3.05) is 13.1 Å². The Kier molecular flexibility index (Phi) is 4.38. The summed E-state index contributed by atoms with van der Waals surface area (Å²) in [6, 6.07) is 1.33. The summed E-state index contributed by atoms with van der Waals surface area (Å²) in [5.41, 5.74) is 0.833. The number of rotatable bonds is 5. The van der Waals surface area contributed by atoms with Crippen LogP contribution in [0.3, 0.4) is 0 Å². The topological polar surface area (TPSA) is 82.8 Å². The number of carboxylic acids is 1. The maximum absolute atomic E-state index is 11.5. The summed E-state index contributed by atoms with van der Waals surface area (Å²) < 4.78 is 4.84. The van der Waals surface area contributed by atoms with E-state index in [1.165, 1.54) is 17.4 Å². The van der Waals surface area contributed by atoms with Gasteiger partial charge in [0.2, 0.25) is 0 Å². The lowest BCUT2D eigenvalue weighted by atomic mass is 10.3. The summed E-state index contributed by atoms with van der Waals surface area (Å²) in [7, 11) is 0. The van der Waals surface area contributed by atoms with Crippen molar-refractivity contribution >= 4 is 12.0 Å². The number of carbonyl (C=O) groups excluding carboxylic acids is 1. The van der Waals surface area contributed by atoms with Crippen LogP contribution in [-0.4, -0.2) is 35.1 Å². The summed E-state index contributed by atoms with van der Waals surface area (Å²) in [4.78, 5) is 23.2. The van der Waals surface area contributed by atoms with Gasteiger partial charge in [-0.3, -0.25) is 4.79 Å². The summed E-state index contributed by atoms with van der Waals surface area (Å²) in [6.07, 6.45) is 3.03. The van der Waals surface area contributed by atoms with Gasteiger partial charge in [0.05, 0.1) is 12.5 Å². The molecule has 0 atom stereocenters. The molecule has 0 aliphatic heterocycles. The van der Waals surface area contributed by atoms with Crippen LogP contribution in [-0.2, 0) is 11.3 Å². The second-order valence-corrected chi connectivity index (χ2v) is 3.20. The zero-order valence-electron chi connectivity index (χ0n) is 8.97. The average molecular weight is 226 g/mol. The number of urea groups is 1. The molecule has 1 aromatic heterocycles. The molecule has 1 heterocycles. The number of amides is 2. The van der Waals surface area contributed by atoms with Gasteiger partial charge in [0, 0.05) is 18.7 Å². The molecule has 6 nitrogen and oxygen atoms in total. The lowest BCUT2D eigenvalue weighted by molar-refractivity contribution is -0.137. The second-order valence-electron chi connectivity index (χ2n) is 3.20. The zero-order valence-corrected chi connectivity index (χ0v) is 8.97. The fourth-order valence-corrected chi connectivity index (χ4v) is 1.17. The van der Waals surface area contributed by atoms with Gasteiger partial charge in [0.15, 0.2) is 0 Å². The lowest BCUT2D eigenvalue weighted by Gasteiger charge is -2.18. The molecule has 0 saturated heterocycles. The number of nitrogens with zero attached hydrogens (tertiary/aromatic N) is 1. The Hall–Kier alpha value is -1.98. The van der Waals surface area contributed by atoms with E-state index < -0.39 is 12.0 Å². The smallest absolute Gasteiger partial charge is 0.323 e. The quantitative estimate of drug-likeness (QED) is 0.781. The number of aliphatic carboxylic acids is 1. The number of carboxylic acid groups (broad SMARTS) is 1. The van der Waals surface area contributed by atoms with Crippen molar-refractivity contribution in [3.05, 3.63) is 24.2 Å². The van der Waals surface area contributed by atoms with E-state index in [0.29, 0.717) is 13.1 Å². The molecule has 6 heteroatoms. The largest absolute Gasteiger partial charge is 0.480 e. The highest BCUT2D eigenvalue weighted by atomic mass is 16.4. The van der Waals surface area contributed by atoms with Crippen LogP contribution in [0.25, 0.3) is 0 Å². The molecule has 0 spiro atoms. The standard InChI is InChI=1S/C10H14N2O4/c1-2-12(6-9(13)14)10(15)11-5-8-3-4-16-7-8/h3-4,7H,2,5-6H2,1H3,(H,11,15)(H,13,14). The molecule has 0 aliphatic carbocycles. The molecule has 0 radical (unpaired) electrons. The van der Waals surface area contributed by atoms with E-state index in [-0.39, 0.29) is 6.54 Å². The Morgan fingerprint density at radius 2 is 2.31 bits per heavy atom. The molecule has 1 rings (SSSR count). The molecule has 0 fully saturated rings. The van der Waals surface area contributed by atoms with Crippen molar-refractivity contribution in [3.63, 3.8) is 0 Å². The van der Waals surface area contributed by atoms with E-state index in [4.69, 9.17) is 9.52 Å². The van der Waals surface area contributed by atoms with Crippen LogP contribution in [0.4, 0.5) is 4.79 Å². The van der Waals surface area contributed by atoms with E-state index >= 15 is 0 Å². The molecular formula is C10H14N2O4. The highest BCUT2D eigenvalue weighted by Crippen LogP contribution is 1.99. The van der Waals surface area contributed by atoms with Gasteiger partial charge in [-0.1, -0.05) is 0 Å². The van der Waals surface area contributed by atoms with Crippen molar-refractivity contribution in [2.24, 2.45) is 0 Å². The Morgan fingerprint density at radius 1 is 1.56 bits per heavy atom. The maximum Gasteiger partial charge on any atom is 0.323 e. The van der Waals surface area contributed by atoms with Crippen LogP contribution >= 0.6 is 0 Å². The minimum absolute atomic E-state index is 0.298. The van der Waals surface area contributed by atoms with Gasteiger partial charge < -0.3 is 19.7 Å². The number of nitrogens with one attached hydrogen (secondary N) is 1. The number of carbonyl (C=O) groups is 2. The number of likely N-dealkylation sites (N-methyl/N-ethyl adjacent to an activating group) is 1. The van der Waals surface area contributed by atoms with E-state index in [2.05, 4.69) is 5.32 Å². The van der Waals surface area contributed by atoms with Gasteiger partial charge in [-0.25, -0.2) is 4.79 Å². The fourth-order valence-electron chi connectivity index (χ4n) is 1.17. The van der Waals surface area contributed by atoms with Crippen LogP contribution in [0.15, 0.2) is 23.0 Å². The summed E-state index contributed by atoms with van der Waals surface area (Å²) in [6.45, 7) is 2.10. The first-order valence-corrected chi connectivity index (χ1v) is 4.89. The van der Waals surface area contributed by atoms with Crippen LogP contribution in [0.5, 0.6) is 0 Å². The van der Waals surface area contributed by atoms with Gasteiger partial charge in [-0.05, 0) is 13.0 Å². The van der Waals surface area contributed by atoms with Gasteiger partial charge in [0.25, 0.3) is 0 Å². The molecule has 0 aliphatic rings. The van der Waals surface area contributed by atoms with Crippen molar-refractivity contribution in [1.29, 1.82) is 0 Å². The molecule has 0 aromatic carbocycles. The average Bonchev–Trinajstić information content (AvgIpc) is 2.75. The number of furan rings is 1. The molecule has 2 N–H and O–H groups in total. The van der Waals surface area contributed by atoms with Crippen molar-refractivity contribution < 1.29 is 19.1 Å². The van der Waals surface area contributed by atoms with Gasteiger partial charge in [0.1, 0.15) is 6.54 Å². The van der Waals surface area contributed by atoms with Crippen LogP contribution < -0.4 is 5.32 Å². The van der Waals surface area contributed by atoms with Crippen molar-refractivity contribution in [2.45, 2.75) is 13.5 Å². The Morgan fingerprint density at radius 3 is 2.81 bits per heavy atom. The monoisotopic (exact) mass is 226 g/mol. The minimum Gasteiger partial charge on any atom is -0.480 e. The van der Waals surface area contributed by atoms with Crippen molar-refractivity contribution in [3.8, 4) is 0 Å². The van der Waals surface area contributed by atoms with Crippen LogP contribution in [0.1, 0.15) is 12.5 Å². The van der Waals surface area contributed by atoms with Gasteiger partial charge in [-0.15, -0.1) is 0 Å². The van der Waals surface area contributed by atoms with E-state index in [1.807, 2.05) is 0 Å². The summed E-state index contributed by atoms with van der Waals surface area (Å²) in [5, 5.41) is 11.2. The third kappa shape index (κ3) is 3.64. The Labute approximate surface area is 92.8 Å². The van der Waals surface area contributed by atoms with E-state index in [0.717, 1.165) is 5.56 Å². The second kappa shape index (κ2) is 5.79. The summed E-state index contributed by atoms with van der Waals surface area (Å²) in [5.74, 6) is -1.03. The van der Waals surface area contributed by atoms with Gasteiger partial charge >= 0.3 is 12.0 Å². The number of hydrogen-bond donors (Lipinski definition) is 2. The third-order valence-corrected chi connectivity index (χ3v) is 2.02. The predicted molar refractivity (Wildman–Crippen MR) is 55.8 cm³/mol. The number of hydrogen-bond acceptors (Lipinski definition) is 3. The Balaban J connectivity index is 2.40. The van der Waals surface area contributed by atoms with E-state index in [9.17, 15) is 9.59 Å². The first-order valence-electron chi connectivity index (χ1n) is 4.89. The van der Waals surface area contributed by atoms with Crippen molar-refractivity contribution in [1.82, 2.24) is 10.2 Å². The van der Waals surface area contributed by atoms with Gasteiger partial charge in [-0.2, -0.15) is 0 Å². The zero-order chi connectivity index (χ0) is 12.0. The van der Waals surface area contributed by atoms with E-state index in [1.54, 1.807) is 13.0 Å². The molecule has 1 aromatic rings. The Bertz CT molecular complexity index is 348. The fraction of sp³-hybridized carbons (Fsp3) is 0.400.